The second-order valence-corrected chi connectivity index (χ2v) is 15.7. The number of ether oxygens (including phenoxy) is 1. The third-order valence-corrected chi connectivity index (χ3v) is 14.0. The zero-order chi connectivity index (χ0) is 22.3. The van der Waals surface area contributed by atoms with Crippen molar-refractivity contribution in [1.29, 1.82) is 0 Å². The third-order valence-electron chi connectivity index (χ3n) is 7.89. The lowest BCUT2D eigenvalue weighted by molar-refractivity contribution is -0.0862. The van der Waals surface area contributed by atoms with E-state index in [4.69, 9.17) is 9.16 Å². The minimum Gasteiger partial charge on any atom is -0.409 e. The van der Waals surface area contributed by atoms with Crippen LogP contribution in [0.3, 0.4) is 0 Å². The number of aliphatic hydroxyl groups excluding tert-OH is 1. The minimum atomic E-state index is -2.10. The number of rotatable bonds is 6. The highest BCUT2D eigenvalue weighted by atomic mass is 28.4. The van der Waals surface area contributed by atoms with Crippen LogP contribution >= 0.6 is 0 Å². The normalized spacial score (nSPS) is 28.3. The summed E-state index contributed by atoms with van der Waals surface area (Å²) >= 11 is 0. The summed E-state index contributed by atoms with van der Waals surface area (Å²) in [7, 11) is -2.10. The first-order chi connectivity index (χ1) is 14.8. The Morgan fingerprint density at radius 1 is 0.839 bits per heavy atom. The average molecular weight is 439 g/mol. The van der Waals surface area contributed by atoms with Crippen LogP contribution in [0, 0.1) is 11.8 Å². The number of hydrogen-bond acceptors (Lipinski definition) is 3. The Morgan fingerprint density at radius 3 is 1.97 bits per heavy atom. The quantitative estimate of drug-likeness (QED) is 0.513. The first-order valence-electron chi connectivity index (χ1n) is 11.9. The standard InChI is InChI=1S/C27H38O3Si/c1-17(2)31(18(3)4,19(5)6)30-26-22-15-11-10-14-21(22)24(20-12-8-7-9-13-20)25-23(26)16-29-27(25)28/h7-15,17-19,23-28H,16H2,1-6H3/t23-,24+,25-,26-,27?/m1/s1. The summed E-state index contributed by atoms with van der Waals surface area (Å²) in [5.41, 5.74) is 5.34. The lowest BCUT2D eigenvalue weighted by Crippen LogP contribution is -2.51. The van der Waals surface area contributed by atoms with Gasteiger partial charge in [-0.1, -0.05) is 96.1 Å². The molecule has 168 valence electrons. The summed E-state index contributed by atoms with van der Waals surface area (Å²) in [6, 6.07) is 19.3. The maximum atomic E-state index is 11.0. The molecule has 0 aromatic heterocycles. The Labute approximate surface area is 188 Å². The predicted molar refractivity (Wildman–Crippen MR) is 129 cm³/mol. The van der Waals surface area contributed by atoms with Crippen molar-refractivity contribution in [3.8, 4) is 0 Å². The second-order valence-electron chi connectivity index (χ2n) is 10.3. The summed E-state index contributed by atoms with van der Waals surface area (Å²) in [6.45, 7) is 14.6. The van der Waals surface area contributed by atoms with Crippen molar-refractivity contribution in [2.75, 3.05) is 6.61 Å². The predicted octanol–water partition coefficient (Wildman–Crippen LogP) is 6.65. The Balaban J connectivity index is 1.86. The number of aliphatic hydroxyl groups is 1. The molecular formula is C27H38O3Si. The molecule has 3 nitrogen and oxygen atoms in total. The molecule has 1 unspecified atom stereocenters. The fourth-order valence-corrected chi connectivity index (χ4v) is 12.2. The van der Waals surface area contributed by atoms with Gasteiger partial charge in [0, 0.05) is 17.8 Å². The summed E-state index contributed by atoms with van der Waals surface area (Å²) < 4.78 is 13.3. The monoisotopic (exact) mass is 438 g/mol. The number of benzene rings is 2. The molecule has 4 rings (SSSR count). The van der Waals surface area contributed by atoms with Gasteiger partial charge in [-0.3, -0.25) is 0 Å². The van der Waals surface area contributed by atoms with E-state index >= 15 is 0 Å². The van der Waals surface area contributed by atoms with Crippen molar-refractivity contribution in [2.24, 2.45) is 11.8 Å². The number of fused-ring (bicyclic) bond motifs is 2. The minimum absolute atomic E-state index is 0.000451. The highest BCUT2D eigenvalue weighted by molar-refractivity contribution is 6.77. The molecule has 1 N–H and O–H groups in total. The molecule has 1 aliphatic heterocycles. The Morgan fingerprint density at radius 2 is 1.39 bits per heavy atom. The number of hydrogen-bond donors (Lipinski definition) is 1. The average Bonchev–Trinajstić information content (AvgIpc) is 3.12. The van der Waals surface area contributed by atoms with Crippen LogP contribution < -0.4 is 0 Å². The van der Waals surface area contributed by atoms with Crippen LogP contribution in [0.4, 0.5) is 0 Å². The second kappa shape index (κ2) is 8.82. The zero-order valence-corrected chi connectivity index (χ0v) is 20.8. The third kappa shape index (κ3) is 3.72. The van der Waals surface area contributed by atoms with Gasteiger partial charge in [-0.15, -0.1) is 0 Å². The molecule has 0 bridgehead atoms. The van der Waals surface area contributed by atoms with E-state index in [0.29, 0.717) is 23.2 Å². The molecule has 4 heteroatoms. The smallest absolute Gasteiger partial charge is 0.201 e. The first kappa shape index (κ1) is 22.7. The SMILES string of the molecule is CC(C)[Si](O[C@@H]1c2ccccc2[C@H](c2ccccc2)[C@@H]2C(O)OC[C@H]21)(C(C)C)C(C)C. The summed E-state index contributed by atoms with van der Waals surface area (Å²) in [6.07, 6.45) is -0.792. The van der Waals surface area contributed by atoms with Gasteiger partial charge in [0.1, 0.15) is 0 Å². The van der Waals surface area contributed by atoms with E-state index in [1.54, 1.807) is 0 Å². The van der Waals surface area contributed by atoms with Gasteiger partial charge in [0.25, 0.3) is 0 Å². The molecule has 1 saturated heterocycles. The highest BCUT2D eigenvalue weighted by Gasteiger charge is 2.55. The molecule has 0 saturated carbocycles. The Kier molecular flexibility index (Phi) is 6.46. The van der Waals surface area contributed by atoms with E-state index in [9.17, 15) is 5.11 Å². The molecule has 1 fully saturated rings. The van der Waals surface area contributed by atoms with Crippen molar-refractivity contribution in [3.05, 3.63) is 71.3 Å². The molecule has 1 aliphatic carbocycles. The van der Waals surface area contributed by atoms with Crippen LogP contribution in [-0.2, 0) is 9.16 Å². The largest absolute Gasteiger partial charge is 0.409 e. The van der Waals surface area contributed by atoms with Gasteiger partial charge in [-0.2, -0.15) is 0 Å². The van der Waals surface area contributed by atoms with Gasteiger partial charge in [0.2, 0.25) is 8.32 Å². The van der Waals surface area contributed by atoms with Gasteiger partial charge in [0.15, 0.2) is 6.29 Å². The van der Waals surface area contributed by atoms with Gasteiger partial charge in [-0.05, 0) is 33.3 Å². The van der Waals surface area contributed by atoms with Crippen LogP contribution in [0.2, 0.25) is 16.6 Å². The zero-order valence-electron chi connectivity index (χ0n) is 19.8. The highest BCUT2D eigenvalue weighted by Crippen LogP contribution is 2.56. The van der Waals surface area contributed by atoms with Gasteiger partial charge in [-0.25, -0.2) is 0 Å². The lowest BCUT2D eigenvalue weighted by atomic mass is 9.66. The summed E-state index contributed by atoms with van der Waals surface area (Å²) in [5, 5.41) is 11.0. The maximum absolute atomic E-state index is 11.0. The summed E-state index contributed by atoms with van der Waals surface area (Å²) in [5.74, 6) is 0.270. The molecule has 1 heterocycles. The molecule has 2 aromatic carbocycles. The van der Waals surface area contributed by atoms with Crippen LogP contribution in [0.5, 0.6) is 0 Å². The molecular weight excluding hydrogens is 400 g/mol. The molecule has 31 heavy (non-hydrogen) atoms. The lowest BCUT2D eigenvalue weighted by Gasteiger charge is -2.49. The van der Waals surface area contributed by atoms with Crippen LogP contribution in [0.1, 0.15) is 70.3 Å². The van der Waals surface area contributed by atoms with Crippen molar-refractivity contribution >= 4 is 8.32 Å². The van der Waals surface area contributed by atoms with Crippen LogP contribution in [0.25, 0.3) is 0 Å². The molecule has 0 spiro atoms. The molecule has 2 aromatic rings. The fraction of sp³-hybridized carbons (Fsp3) is 0.556. The molecule has 0 amide bonds. The summed E-state index contributed by atoms with van der Waals surface area (Å²) in [4.78, 5) is 0. The van der Waals surface area contributed by atoms with Gasteiger partial charge in [0.05, 0.1) is 12.7 Å². The van der Waals surface area contributed by atoms with Gasteiger partial charge >= 0.3 is 0 Å². The van der Waals surface area contributed by atoms with E-state index in [1.165, 1.54) is 16.7 Å². The van der Waals surface area contributed by atoms with Crippen LogP contribution in [-0.4, -0.2) is 26.3 Å². The first-order valence-corrected chi connectivity index (χ1v) is 14.0. The van der Waals surface area contributed by atoms with E-state index in [2.05, 4.69) is 96.1 Å². The topological polar surface area (TPSA) is 38.7 Å². The van der Waals surface area contributed by atoms with E-state index in [-0.39, 0.29) is 23.9 Å². The van der Waals surface area contributed by atoms with Gasteiger partial charge < -0.3 is 14.3 Å². The maximum Gasteiger partial charge on any atom is 0.201 e. The molecule has 0 radical (unpaired) electrons. The molecule has 5 atom stereocenters. The van der Waals surface area contributed by atoms with E-state index in [1.807, 2.05) is 0 Å². The van der Waals surface area contributed by atoms with E-state index in [0.717, 1.165) is 0 Å². The molecule has 2 aliphatic rings. The fourth-order valence-electron chi connectivity index (χ4n) is 6.68. The van der Waals surface area contributed by atoms with Crippen molar-refractivity contribution in [3.63, 3.8) is 0 Å². The van der Waals surface area contributed by atoms with Crippen molar-refractivity contribution < 1.29 is 14.3 Å². The van der Waals surface area contributed by atoms with Crippen LogP contribution in [0.15, 0.2) is 54.6 Å². The van der Waals surface area contributed by atoms with Crippen molar-refractivity contribution in [1.82, 2.24) is 0 Å². The van der Waals surface area contributed by atoms with Crippen molar-refractivity contribution in [2.45, 2.75) is 76.5 Å². The Hall–Kier alpha value is -1.46. The van der Waals surface area contributed by atoms with E-state index < -0.39 is 14.6 Å². The Bertz CT molecular complexity index is 857.